The molecule has 1 aliphatic heterocycles. The van der Waals surface area contributed by atoms with Gasteiger partial charge in [-0.1, -0.05) is 11.2 Å². The summed E-state index contributed by atoms with van der Waals surface area (Å²) in [6.45, 7) is 5.08. The molecule has 1 atom stereocenters. The minimum absolute atomic E-state index is 0.0192. The molecule has 116 valence electrons. The van der Waals surface area contributed by atoms with E-state index in [2.05, 4.69) is 10.1 Å². The zero-order valence-electron chi connectivity index (χ0n) is 12.9. The summed E-state index contributed by atoms with van der Waals surface area (Å²) in [5.74, 6) is 1.38. The highest BCUT2D eigenvalue weighted by Crippen LogP contribution is 2.27. The van der Waals surface area contributed by atoms with Crippen LogP contribution in [0.15, 0.2) is 22.7 Å². The lowest BCUT2D eigenvalue weighted by molar-refractivity contribution is 0.0695. The summed E-state index contributed by atoms with van der Waals surface area (Å²) < 4.78 is 5.26. The van der Waals surface area contributed by atoms with E-state index in [1.165, 1.54) is 0 Å². The van der Waals surface area contributed by atoms with Gasteiger partial charge in [0.05, 0.1) is 5.92 Å². The average molecular weight is 300 g/mol. The first-order valence-corrected chi connectivity index (χ1v) is 7.50. The number of anilines is 1. The lowest BCUT2D eigenvalue weighted by Gasteiger charge is -2.31. The number of rotatable bonds is 2. The fourth-order valence-corrected chi connectivity index (χ4v) is 2.88. The van der Waals surface area contributed by atoms with Crippen molar-refractivity contribution in [3.05, 3.63) is 41.0 Å². The van der Waals surface area contributed by atoms with Crippen molar-refractivity contribution in [2.45, 2.75) is 32.6 Å². The van der Waals surface area contributed by atoms with Crippen LogP contribution in [0.1, 0.15) is 46.4 Å². The number of aryl methyl sites for hydroxylation is 2. The van der Waals surface area contributed by atoms with Crippen LogP contribution in [0.4, 0.5) is 5.69 Å². The quantitative estimate of drug-likeness (QED) is 0.860. The molecule has 1 saturated heterocycles. The van der Waals surface area contributed by atoms with Crippen molar-refractivity contribution in [3.8, 4) is 0 Å². The van der Waals surface area contributed by atoms with Crippen molar-refractivity contribution in [2.24, 2.45) is 0 Å². The Morgan fingerprint density at radius 1 is 1.41 bits per heavy atom. The van der Waals surface area contributed by atoms with Gasteiger partial charge < -0.3 is 15.2 Å². The normalized spacial score (nSPS) is 18.5. The summed E-state index contributed by atoms with van der Waals surface area (Å²) in [6.07, 6.45) is 1.89. The van der Waals surface area contributed by atoms with E-state index in [-0.39, 0.29) is 11.8 Å². The van der Waals surface area contributed by atoms with E-state index in [4.69, 9.17) is 10.3 Å². The van der Waals surface area contributed by atoms with Gasteiger partial charge in [0.25, 0.3) is 5.91 Å². The smallest absolute Gasteiger partial charge is 0.254 e. The largest absolute Gasteiger partial charge is 0.399 e. The summed E-state index contributed by atoms with van der Waals surface area (Å²) in [5, 5.41) is 3.84. The molecule has 1 aliphatic rings. The Labute approximate surface area is 129 Å². The van der Waals surface area contributed by atoms with Crippen LogP contribution in [0, 0.1) is 13.8 Å². The van der Waals surface area contributed by atoms with Gasteiger partial charge in [0.2, 0.25) is 5.89 Å². The third-order valence-electron chi connectivity index (χ3n) is 4.09. The molecule has 0 radical (unpaired) electrons. The topological polar surface area (TPSA) is 85.2 Å². The number of carbonyl (C=O) groups excluding carboxylic acids is 1. The molecular weight excluding hydrogens is 280 g/mol. The van der Waals surface area contributed by atoms with Crippen molar-refractivity contribution < 1.29 is 9.32 Å². The van der Waals surface area contributed by atoms with E-state index in [1.54, 1.807) is 13.0 Å². The number of nitrogens with zero attached hydrogens (tertiary/aromatic N) is 3. The summed E-state index contributed by atoms with van der Waals surface area (Å²) in [6, 6.07) is 5.44. The minimum Gasteiger partial charge on any atom is -0.399 e. The van der Waals surface area contributed by atoms with Crippen LogP contribution in [0.5, 0.6) is 0 Å². The average Bonchev–Trinajstić information content (AvgIpc) is 2.96. The van der Waals surface area contributed by atoms with E-state index in [0.717, 1.165) is 24.9 Å². The van der Waals surface area contributed by atoms with Crippen molar-refractivity contribution in [1.82, 2.24) is 15.0 Å². The zero-order chi connectivity index (χ0) is 15.7. The van der Waals surface area contributed by atoms with Crippen LogP contribution in [-0.2, 0) is 0 Å². The highest BCUT2D eigenvalue weighted by Gasteiger charge is 2.29. The third kappa shape index (κ3) is 2.81. The fraction of sp³-hybridized carbons (Fsp3) is 0.438. The second-order valence-electron chi connectivity index (χ2n) is 5.84. The van der Waals surface area contributed by atoms with Gasteiger partial charge >= 0.3 is 0 Å². The second kappa shape index (κ2) is 5.79. The maximum atomic E-state index is 12.8. The van der Waals surface area contributed by atoms with Gasteiger partial charge in [-0.15, -0.1) is 0 Å². The predicted octanol–water partition coefficient (Wildman–Crippen LogP) is 2.29. The van der Waals surface area contributed by atoms with Gasteiger partial charge in [0.15, 0.2) is 5.82 Å². The molecule has 0 spiro atoms. The molecule has 0 bridgehead atoms. The number of piperidine rings is 1. The Morgan fingerprint density at radius 2 is 2.23 bits per heavy atom. The van der Waals surface area contributed by atoms with Crippen LogP contribution in [-0.4, -0.2) is 34.0 Å². The van der Waals surface area contributed by atoms with E-state index < -0.39 is 0 Å². The van der Waals surface area contributed by atoms with Gasteiger partial charge in [0.1, 0.15) is 0 Å². The Hall–Kier alpha value is -2.37. The highest BCUT2D eigenvalue weighted by molar-refractivity contribution is 5.96. The Balaban J connectivity index is 1.79. The van der Waals surface area contributed by atoms with Gasteiger partial charge in [-0.3, -0.25) is 4.79 Å². The Kier molecular flexibility index (Phi) is 3.83. The van der Waals surface area contributed by atoms with Crippen molar-refractivity contribution in [3.63, 3.8) is 0 Å². The molecule has 2 aromatic rings. The first-order valence-electron chi connectivity index (χ1n) is 7.50. The molecule has 22 heavy (non-hydrogen) atoms. The fourth-order valence-electron chi connectivity index (χ4n) is 2.88. The van der Waals surface area contributed by atoms with Crippen molar-refractivity contribution in [2.75, 3.05) is 18.8 Å². The number of likely N-dealkylation sites (tertiary alicyclic amines) is 1. The molecule has 0 aliphatic carbocycles. The van der Waals surface area contributed by atoms with E-state index in [1.807, 2.05) is 24.0 Å². The van der Waals surface area contributed by atoms with E-state index >= 15 is 0 Å². The molecule has 1 fully saturated rings. The lowest BCUT2D eigenvalue weighted by Crippen LogP contribution is -2.39. The van der Waals surface area contributed by atoms with Crippen molar-refractivity contribution in [1.29, 1.82) is 0 Å². The molecule has 1 aromatic heterocycles. The van der Waals surface area contributed by atoms with Crippen molar-refractivity contribution >= 4 is 11.6 Å². The molecule has 6 nitrogen and oxygen atoms in total. The monoisotopic (exact) mass is 300 g/mol. The summed E-state index contributed by atoms with van der Waals surface area (Å²) in [5.41, 5.74) is 8.03. The van der Waals surface area contributed by atoms with Crippen LogP contribution >= 0.6 is 0 Å². The molecule has 2 heterocycles. The third-order valence-corrected chi connectivity index (χ3v) is 4.09. The van der Waals surface area contributed by atoms with Gasteiger partial charge in [-0.25, -0.2) is 0 Å². The summed E-state index contributed by atoms with van der Waals surface area (Å²) in [4.78, 5) is 18.9. The SMILES string of the molecule is Cc1noc(C2CCCN(C(=O)c3cc(N)ccc3C)C2)n1. The zero-order valence-corrected chi connectivity index (χ0v) is 12.9. The van der Waals surface area contributed by atoms with Crippen LogP contribution in [0.2, 0.25) is 0 Å². The van der Waals surface area contributed by atoms with Gasteiger partial charge in [-0.05, 0) is 44.4 Å². The van der Waals surface area contributed by atoms with E-state index in [0.29, 0.717) is 29.5 Å². The number of benzene rings is 1. The first-order chi connectivity index (χ1) is 10.5. The number of carbonyl (C=O) groups is 1. The number of amides is 1. The number of nitrogens with two attached hydrogens (primary N) is 1. The Morgan fingerprint density at radius 3 is 2.95 bits per heavy atom. The minimum atomic E-state index is 0.0192. The van der Waals surface area contributed by atoms with E-state index in [9.17, 15) is 4.79 Å². The number of aromatic nitrogens is 2. The lowest BCUT2D eigenvalue weighted by atomic mass is 9.96. The summed E-state index contributed by atoms with van der Waals surface area (Å²) >= 11 is 0. The van der Waals surface area contributed by atoms with Gasteiger partial charge in [0, 0.05) is 24.3 Å². The standard InChI is InChI=1S/C16H20N4O2/c1-10-5-6-13(17)8-14(10)16(21)20-7-3-4-12(9-20)15-18-11(2)19-22-15/h5-6,8,12H,3-4,7,9,17H2,1-2H3. The number of hydrogen-bond acceptors (Lipinski definition) is 5. The van der Waals surface area contributed by atoms with Crippen LogP contribution < -0.4 is 5.73 Å². The molecule has 2 N–H and O–H groups in total. The molecule has 1 aromatic carbocycles. The number of hydrogen-bond donors (Lipinski definition) is 1. The molecule has 1 unspecified atom stereocenters. The molecule has 6 heteroatoms. The number of nitrogen functional groups attached to an aromatic ring is 1. The van der Waals surface area contributed by atoms with Crippen LogP contribution in [0.25, 0.3) is 0 Å². The molecule has 3 rings (SSSR count). The highest BCUT2D eigenvalue weighted by atomic mass is 16.5. The second-order valence-corrected chi connectivity index (χ2v) is 5.84. The molecular formula is C16H20N4O2. The van der Waals surface area contributed by atoms with Crippen LogP contribution in [0.3, 0.4) is 0 Å². The first kappa shape index (κ1) is 14.6. The summed E-state index contributed by atoms with van der Waals surface area (Å²) in [7, 11) is 0. The Bertz CT molecular complexity index is 695. The van der Waals surface area contributed by atoms with Gasteiger partial charge in [-0.2, -0.15) is 4.98 Å². The maximum Gasteiger partial charge on any atom is 0.254 e. The predicted molar refractivity (Wildman–Crippen MR) is 82.5 cm³/mol. The molecule has 1 amide bonds. The molecule has 0 saturated carbocycles. The maximum absolute atomic E-state index is 12.8.